The van der Waals surface area contributed by atoms with E-state index in [1.54, 1.807) is 12.1 Å². The molecule has 3 nitrogen and oxygen atoms in total. The van der Waals surface area contributed by atoms with Gasteiger partial charge in [-0.15, -0.1) is 0 Å². The van der Waals surface area contributed by atoms with Gasteiger partial charge in [-0.1, -0.05) is 29.3 Å². The van der Waals surface area contributed by atoms with Gasteiger partial charge in [0.2, 0.25) is 0 Å². The molecule has 0 atom stereocenters. The highest BCUT2D eigenvalue weighted by Gasteiger charge is 2.20. The second-order valence-electron chi connectivity index (χ2n) is 4.07. The molecule has 0 saturated carbocycles. The molecule has 6 heteroatoms. The molecule has 2 rings (SSSR count). The average molecular weight is 304 g/mol. The third-order valence-electron chi connectivity index (χ3n) is 2.74. The number of carbonyl (C=O) groups is 1. The van der Waals surface area contributed by atoms with Gasteiger partial charge in [0.15, 0.2) is 5.83 Å². The Labute approximate surface area is 120 Å². The highest BCUT2D eigenvalue weighted by atomic mass is 35.5. The van der Waals surface area contributed by atoms with Gasteiger partial charge in [0.05, 0.1) is 23.3 Å². The quantitative estimate of drug-likeness (QED) is 0.786. The van der Waals surface area contributed by atoms with Gasteiger partial charge in [0, 0.05) is 13.1 Å². The van der Waals surface area contributed by atoms with Gasteiger partial charge in [0.25, 0.3) is 5.91 Å². The summed E-state index contributed by atoms with van der Waals surface area (Å²) in [6.07, 6.45) is 1.15. The molecule has 1 amide bonds. The maximum absolute atomic E-state index is 13.9. The highest BCUT2D eigenvalue weighted by Crippen LogP contribution is 2.24. The van der Waals surface area contributed by atoms with Crippen molar-refractivity contribution in [2.24, 2.45) is 0 Å². The van der Waals surface area contributed by atoms with E-state index in [9.17, 15) is 9.18 Å². The normalized spacial score (nSPS) is 16.6. The van der Waals surface area contributed by atoms with Crippen LogP contribution >= 0.6 is 23.2 Å². The van der Waals surface area contributed by atoms with Gasteiger partial charge in [0.1, 0.15) is 0 Å². The molecule has 1 aromatic rings. The summed E-state index contributed by atoms with van der Waals surface area (Å²) in [7, 11) is 0. The fourth-order valence-electron chi connectivity index (χ4n) is 1.73. The molecule has 1 heterocycles. The summed E-state index contributed by atoms with van der Waals surface area (Å²) < 4.78 is 19.0. The molecule has 19 heavy (non-hydrogen) atoms. The van der Waals surface area contributed by atoms with E-state index >= 15 is 0 Å². The van der Waals surface area contributed by atoms with Crippen LogP contribution in [0.2, 0.25) is 10.0 Å². The minimum absolute atomic E-state index is 0.321. The molecule has 1 aliphatic heterocycles. The van der Waals surface area contributed by atoms with Crippen LogP contribution in [0.4, 0.5) is 4.39 Å². The van der Waals surface area contributed by atoms with Crippen molar-refractivity contribution in [3.8, 4) is 0 Å². The zero-order chi connectivity index (χ0) is 13.8. The van der Waals surface area contributed by atoms with Crippen molar-refractivity contribution < 1.29 is 13.9 Å². The maximum Gasteiger partial charge on any atom is 0.282 e. The number of rotatable bonds is 2. The van der Waals surface area contributed by atoms with Crippen molar-refractivity contribution in [2.75, 3.05) is 26.3 Å². The average Bonchev–Trinajstić information content (AvgIpc) is 2.43. The van der Waals surface area contributed by atoms with Crippen LogP contribution in [0, 0.1) is 0 Å². The molecule has 0 radical (unpaired) electrons. The Morgan fingerprint density at radius 1 is 1.26 bits per heavy atom. The van der Waals surface area contributed by atoms with Crippen LogP contribution in [0.15, 0.2) is 24.0 Å². The molecule has 0 unspecified atom stereocenters. The number of hydrogen-bond acceptors (Lipinski definition) is 2. The van der Waals surface area contributed by atoms with E-state index < -0.39 is 11.7 Å². The van der Waals surface area contributed by atoms with Crippen LogP contribution < -0.4 is 0 Å². The standard InChI is InChI=1S/C13H12Cl2FNO2/c14-10-2-1-9(7-11(10)15)8-12(16)13(18)17-3-5-19-6-4-17/h1-2,7-8H,3-6H2/b12-8-. The smallest absolute Gasteiger partial charge is 0.282 e. The van der Waals surface area contributed by atoms with Gasteiger partial charge in [-0.25, -0.2) is 4.39 Å². The molecule has 0 aliphatic carbocycles. The first kappa shape index (κ1) is 14.3. The lowest BCUT2D eigenvalue weighted by molar-refractivity contribution is -0.132. The lowest BCUT2D eigenvalue weighted by Gasteiger charge is -2.26. The van der Waals surface area contributed by atoms with Crippen LogP contribution in [-0.2, 0) is 9.53 Å². The summed E-state index contributed by atoms with van der Waals surface area (Å²) in [5, 5.41) is 0.709. The van der Waals surface area contributed by atoms with Gasteiger partial charge in [-0.3, -0.25) is 4.79 Å². The van der Waals surface area contributed by atoms with Crippen LogP contribution in [0.5, 0.6) is 0 Å². The van der Waals surface area contributed by atoms with E-state index in [0.29, 0.717) is 41.9 Å². The van der Waals surface area contributed by atoms with Gasteiger partial charge in [-0.2, -0.15) is 0 Å². The summed E-state index contributed by atoms with van der Waals surface area (Å²) in [4.78, 5) is 13.2. The van der Waals surface area contributed by atoms with Crippen molar-refractivity contribution in [1.82, 2.24) is 4.90 Å². The van der Waals surface area contributed by atoms with Gasteiger partial charge < -0.3 is 9.64 Å². The molecular weight excluding hydrogens is 292 g/mol. The van der Waals surface area contributed by atoms with E-state index in [4.69, 9.17) is 27.9 Å². The molecule has 0 aromatic heterocycles. The van der Waals surface area contributed by atoms with Crippen molar-refractivity contribution in [2.45, 2.75) is 0 Å². The van der Waals surface area contributed by atoms with Crippen molar-refractivity contribution in [3.63, 3.8) is 0 Å². The Bertz CT molecular complexity index is 513. The summed E-state index contributed by atoms with van der Waals surface area (Å²) in [5.74, 6) is -1.45. The van der Waals surface area contributed by atoms with Gasteiger partial charge >= 0.3 is 0 Å². The molecule has 0 N–H and O–H groups in total. The molecule has 1 saturated heterocycles. The van der Waals surface area contributed by atoms with Gasteiger partial charge in [-0.05, 0) is 23.8 Å². The minimum atomic E-state index is -0.819. The van der Waals surface area contributed by atoms with E-state index in [1.165, 1.54) is 11.0 Å². The SMILES string of the molecule is O=C(/C(F)=C/c1ccc(Cl)c(Cl)c1)N1CCOCC1. The zero-order valence-corrected chi connectivity index (χ0v) is 11.5. The predicted molar refractivity (Wildman–Crippen MR) is 72.9 cm³/mol. The molecule has 102 valence electrons. The van der Waals surface area contributed by atoms with Crippen LogP contribution in [0.1, 0.15) is 5.56 Å². The first-order valence-corrected chi connectivity index (χ1v) is 6.53. The number of nitrogens with zero attached hydrogens (tertiary/aromatic N) is 1. The molecule has 0 spiro atoms. The molecule has 1 fully saturated rings. The zero-order valence-electron chi connectivity index (χ0n) is 10.0. The number of ether oxygens (including phenoxy) is 1. The first-order valence-electron chi connectivity index (χ1n) is 5.77. The Hall–Kier alpha value is -1.10. The molecular formula is C13H12Cl2FNO2. The van der Waals surface area contributed by atoms with E-state index in [0.717, 1.165) is 6.08 Å². The van der Waals surface area contributed by atoms with Crippen molar-refractivity contribution >= 4 is 35.2 Å². The number of carbonyl (C=O) groups excluding carboxylic acids is 1. The van der Waals surface area contributed by atoms with Crippen LogP contribution in [-0.4, -0.2) is 37.1 Å². The largest absolute Gasteiger partial charge is 0.378 e. The summed E-state index contributed by atoms with van der Waals surface area (Å²) in [6.45, 7) is 1.68. The number of halogens is 3. The summed E-state index contributed by atoms with van der Waals surface area (Å²) in [5.41, 5.74) is 0.494. The van der Waals surface area contributed by atoms with E-state index in [2.05, 4.69) is 0 Å². The Morgan fingerprint density at radius 3 is 2.58 bits per heavy atom. The first-order chi connectivity index (χ1) is 9.08. The van der Waals surface area contributed by atoms with E-state index in [-0.39, 0.29) is 0 Å². The summed E-state index contributed by atoms with van der Waals surface area (Å²) in [6, 6.07) is 4.67. The Morgan fingerprint density at radius 2 is 1.95 bits per heavy atom. The van der Waals surface area contributed by atoms with E-state index in [1.807, 2.05) is 0 Å². The monoisotopic (exact) mass is 303 g/mol. The molecule has 1 aromatic carbocycles. The van der Waals surface area contributed by atoms with Crippen LogP contribution in [0.25, 0.3) is 6.08 Å². The fourth-order valence-corrected chi connectivity index (χ4v) is 2.03. The fraction of sp³-hybridized carbons (Fsp3) is 0.308. The predicted octanol–water partition coefficient (Wildman–Crippen LogP) is 3.16. The number of morpholine rings is 1. The Balaban J connectivity index is 2.12. The lowest BCUT2D eigenvalue weighted by atomic mass is 10.2. The third-order valence-corrected chi connectivity index (χ3v) is 3.48. The van der Waals surface area contributed by atoms with Crippen molar-refractivity contribution in [3.05, 3.63) is 39.6 Å². The second kappa shape index (κ2) is 6.37. The maximum atomic E-state index is 13.9. The second-order valence-corrected chi connectivity index (χ2v) is 4.88. The van der Waals surface area contributed by atoms with Crippen molar-refractivity contribution in [1.29, 1.82) is 0 Å². The molecule has 1 aliphatic rings. The highest BCUT2D eigenvalue weighted by molar-refractivity contribution is 6.42. The topological polar surface area (TPSA) is 29.5 Å². The van der Waals surface area contributed by atoms with Crippen LogP contribution in [0.3, 0.4) is 0 Å². The Kier molecular flexibility index (Phi) is 4.80. The third kappa shape index (κ3) is 3.69. The summed E-state index contributed by atoms with van der Waals surface area (Å²) >= 11 is 11.6. The minimum Gasteiger partial charge on any atom is -0.378 e. The molecule has 0 bridgehead atoms. The number of benzene rings is 1. The number of hydrogen-bond donors (Lipinski definition) is 0. The lowest BCUT2D eigenvalue weighted by Crippen LogP contribution is -2.40. The number of amides is 1.